The molecule has 0 saturated carbocycles. The Bertz CT molecular complexity index is 2180. The van der Waals surface area contributed by atoms with Gasteiger partial charge in [-0.3, -0.25) is 4.79 Å². The van der Waals surface area contributed by atoms with Crippen LogP contribution < -0.4 is 0 Å². The Morgan fingerprint density at radius 3 is 1.56 bits per heavy atom. The third kappa shape index (κ3) is 5.14. The molecule has 0 aliphatic rings. The molecule has 0 radical (unpaired) electrons. The average Bonchev–Trinajstić information content (AvgIpc) is 3.07. The number of phenolic OH excluding ortho intramolecular Hbond substituents is 1. The van der Waals surface area contributed by atoms with E-state index in [1.54, 1.807) is 66.7 Å². The molecule has 0 bridgehead atoms. The van der Waals surface area contributed by atoms with Crippen molar-refractivity contribution in [3.8, 4) is 39.1 Å². The molecule has 2 nitrogen and oxygen atoms in total. The highest BCUT2D eigenvalue weighted by molar-refractivity contribution is 6.15. The Hall–Kier alpha value is -5.32. The van der Waals surface area contributed by atoms with Gasteiger partial charge < -0.3 is 5.11 Å². The van der Waals surface area contributed by atoms with Gasteiger partial charge in [0.2, 0.25) is 5.78 Å². The maximum Gasteiger partial charge on any atom is 0.460 e. The molecule has 0 atom stereocenters. The molecule has 0 fully saturated rings. The molecule has 0 aliphatic heterocycles. The highest BCUT2D eigenvalue weighted by Gasteiger charge is 2.83. The molecular formula is C37H21F9O2. The minimum absolute atomic E-state index is 0.0629. The lowest BCUT2D eigenvalue weighted by atomic mass is 9.86. The lowest BCUT2D eigenvalue weighted by Gasteiger charge is -2.33. The van der Waals surface area contributed by atoms with E-state index in [2.05, 4.69) is 0 Å². The highest BCUT2D eigenvalue weighted by Crippen LogP contribution is 2.55. The molecule has 0 heterocycles. The van der Waals surface area contributed by atoms with E-state index in [-0.39, 0.29) is 21.9 Å². The SMILES string of the molecule is O=C(c1cc2cc(-c3ccccc3)ccc2c(-c2cccc3cc(-c4ccccc4)ccc23)c1O)C(F)(F)C(F)(F)C(F)(F)C(F)(F)F. The van der Waals surface area contributed by atoms with Crippen LogP contribution in [-0.4, -0.2) is 34.8 Å². The van der Waals surface area contributed by atoms with E-state index >= 15 is 8.78 Å². The Morgan fingerprint density at radius 1 is 0.500 bits per heavy atom. The minimum atomic E-state index is -7.29. The van der Waals surface area contributed by atoms with Gasteiger partial charge in [-0.15, -0.1) is 0 Å². The second kappa shape index (κ2) is 11.4. The van der Waals surface area contributed by atoms with Crippen LogP contribution in [-0.2, 0) is 0 Å². The first-order valence-corrected chi connectivity index (χ1v) is 14.2. The number of rotatable bonds is 7. The fourth-order valence-electron chi connectivity index (χ4n) is 5.65. The first-order chi connectivity index (χ1) is 22.6. The highest BCUT2D eigenvalue weighted by atomic mass is 19.4. The maximum absolute atomic E-state index is 15.0. The van der Waals surface area contributed by atoms with Crippen LogP contribution in [0.4, 0.5) is 39.5 Å². The van der Waals surface area contributed by atoms with Crippen molar-refractivity contribution in [2.75, 3.05) is 0 Å². The predicted octanol–water partition coefficient (Wildman–Crippen LogP) is 11.4. The molecule has 48 heavy (non-hydrogen) atoms. The van der Waals surface area contributed by atoms with Gasteiger partial charge in [-0.2, -0.15) is 39.5 Å². The topological polar surface area (TPSA) is 37.3 Å². The molecule has 0 saturated heterocycles. The number of hydrogen-bond acceptors (Lipinski definition) is 2. The van der Waals surface area contributed by atoms with Gasteiger partial charge in [0.05, 0.1) is 5.56 Å². The zero-order valence-corrected chi connectivity index (χ0v) is 24.3. The van der Waals surface area contributed by atoms with Crippen LogP contribution in [0.5, 0.6) is 5.75 Å². The normalized spacial score (nSPS) is 12.9. The van der Waals surface area contributed by atoms with E-state index in [4.69, 9.17) is 0 Å². The van der Waals surface area contributed by atoms with Gasteiger partial charge in [0.15, 0.2) is 0 Å². The summed E-state index contributed by atoms with van der Waals surface area (Å²) < 4.78 is 125. The Morgan fingerprint density at radius 2 is 1.02 bits per heavy atom. The second-order valence-electron chi connectivity index (χ2n) is 11.1. The Kier molecular flexibility index (Phi) is 7.77. The Balaban J connectivity index is 1.61. The zero-order chi connectivity index (χ0) is 34.6. The lowest BCUT2D eigenvalue weighted by Crippen LogP contribution is -2.63. The number of aromatic hydroxyl groups is 1. The van der Waals surface area contributed by atoms with Crippen LogP contribution in [0.2, 0.25) is 0 Å². The van der Waals surface area contributed by atoms with E-state index in [0.717, 1.165) is 11.1 Å². The van der Waals surface area contributed by atoms with Crippen LogP contribution in [0.3, 0.4) is 0 Å². The number of halogens is 9. The molecule has 6 aromatic rings. The summed E-state index contributed by atoms with van der Waals surface area (Å²) in [5.74, 6) is -25.5. The minimum Gasteiger partial charge on any atom is -0.507 e. The monoisotopic (exact) mass is 668 g/mol. The van der Waals surface area contributed by atoms with Crippen molar-refractivity contribution in [1.82, 2.24) is 0 Å². The van der Waals surface area contributed by atoms with E-state index < -0.39 is 41.0 Å². The van der Waals surface area contributed by atoms with E-state index in [1.807, 2.05) is 30.3 Å². The van der Waals surface area contributed by atoms with Crippen molar-refractivity contribution in [3.05, 3.63) is 127 Å². The van der Waals surface area contributed by atoms with Gasteiger partial charge in [0.1, 0.15) is 5.75 Å². The van der Waals surface area contributed by atoms with Crippen LogP contribution >= 0.6 is 0 Å². The molecule has 0 spiro atoms. The molecule has 0 aliphatic carbocycles. The van der Waals surface area contributed by atoms with Crippen molar-refractivity contribution in [3.63, 3.8) is 0 Å². The summed E-state index contributed by atoms with van der Waals surface area (Å²) in [7, 11) is 0. The Labute approximate surface area is 266 Å². The van der Waals surface area contributed by atoms with E-state index in [9.17, 15) is 40.6 Å². The van der Waals surface area contributed by atoms with Crippen molar-refractivity contribution in [2.24, 2.45) is 0 Å². The molecule has 6 aromatic carbocycles. The second-order valence-corrected chi connectivity index (χ2v) is 11.1. The lowest BCUT2D eigenvalue weighted by molar-refractivity contribution is -0.386. The first-order valence-electron chi connectivity index (χ1n) is 14.2. The van der Waals surface area contributed by atoms with Crippen LogP contribution in [0, 0.1) is 0 Å². The number of Topliss-reactive ketones (excluding diaryl/α,β-unsaturated/α-hetero) is 1. The summed E-state index contributed by atoms with van der Waals surface area (Å²) in [6.45, 7) is 0. The van der Waals surface area contributed by atoms with Crippen molar-refractivity contribution < 1.29 is 49.4 Å². The van der Waals surface area contributed by atoms with Gasteiger partial charge in [-0.05, 0) is 67.6 Å². The smallest absolute Gasteiger partial charge is 0.460 e. The van der Waals surface area contributed by atoms with Crippen molar-refractivity contribution in [2.45, 2.75) is 23.9 Å². The van der Waals surface area contributed by atoms with Crippen molar-refractivity contribution in [1.29, 1.82) is 0 Å². The molecule has 0 amide bonds. The summed E-state index contributed by atoms with van der Waals surface area (Å²) in [5.41, 5.74) is 1.01. The summed E-state index contributed by atoms with van der Waals surface area (Å²) in [6.07, 6.45) is -7.12. The van der Waals surface area contributed by atoms with Crippen LogP contribution in [0.1, 0.15) is 10.4 Å². The summed E-state index contributed by atoms with van der Waals surface area (Å²) >= 11 is 0. The van der Waals surface area contributed by atoms with Crippen LogP contribution in [0.15, 0.2) is 121 Å². The predicted molar refractivity (Wildman–Crippen MR) is 165 cm³/mol. The average molecular weight is 669 g/mol. The number of carbonyl (C=O) groups excluding carboxylic acids is 1. The molecule has 6 rings (SSSR count). The number of fused-ring (bicyclic) bond motifs is 2. The number of carbonyl (C=O) groups is 1. The summed E-state index contributed by atoms with van der Waals surface area (Å²) in [6, 6.07) is 32.7. The quantitative estimate of drug-likeness (QED) is 0.136. The number of hydrogen-bond donors (Lipinski definition) is 1. The molecule has 244 valence electrons. The van der Waals surface area contributed by atoms with Crippen LogP contribution in [0.25, 0.3) is 54.9 Å². The summed E-state index contributed by atoms with van der Waals surface area (Å²) in [4.78, 5) is 13.1. The molecule has 11 heteroatoms. The molecule has 1 N–H and O–H groups in total. The van der Waals surface area contributed by atoms with E-state index in [0.29, 0.717) is 28.0 Å². The van der Waals surface area contributed by atoms with Gasteiger partial charge in [-0.25, -0.2) is 0 Å². The first kappa shape index (κ1) is 32.6. The van der Waals surface area contributed by atoms with Gasteiger partial charge >= 0.3 is 23.9 Å². The van der Waals surface area contributed by atoms with Crippen molar-refractivity contribution >= 4 is 27.3 Å². The molecular weight excluding hydrogens is 647 g/mol. The largest absolute Gasteiger partial charge is 0.507 e. The fraction of sp³-hybridized carbons (Fsp3) is 0.108. The molecule has 0 aromatic heterocycles. The van der Waals surface area contributed by atoms with Gasteiger partial charge in [0.25, 0.3) is 0 Å². The summed E-state index contributed by atoms with van der Waals surface area (Å²) in [5, 5.41) is 12.5. The fourth-order valence-corrected chi connectivity index (χ4v) is 5.65. The third-order valence-corrected chi connectivity index (χ3v) is 8.15. The molecule has 0 unspecified atom stereocenters. The number of ketones is 1. The standard InChI is InChI=1S/C37H21F9O2/c38-34(39,35(40,41)36(42,43)37(44,45)46)33(48)30-20-26-19-24(22-10-5-2-6-11-22)15-17-28(26)31(32(30)47)29-13-7-12-25-18-23(14-16-27(25)29)21-8-3-1-4-9-21/h1-20,47H. The number of benzene rings is 6. The number of phenols is 1. The number of alkyl halides is 9. The van der Waals surface area contributed by atoms with Gasteiger partial charge in [-0.1, -0.05) is 103 Å². The maximum atomic E-state index is 15.0. The van der Waals surface area contributed by atoms with E-state index in [1.165, 1.54) is 18.2 Å². The third-order valence-electron chi connectivity index (χ3n) is 8.15. The van der Waals surface area contributed by atoms with Gasteiger partial charge in [0, 0.05) is 5.56 Å². The zero-order valence-electron chi connectivity index (χ0n) is 24.3.